The minimum absolute atomic E-state index is 0.0273. The molecule has 1 saturated heterocycles. The number of carbonyl (C=O) groups excluding carboxylic acids is 1. The van der Waals surface area contributed by atoms with Crippen molar-refractivity contribution in [2.75, 3.05) is 18.4 Å². The largest absolute Gasteiger partial charge is 0.467 e. The molecular formula is C16H20N4O2. The summed E-state index contributed by atoms with van der Waals surface area (Å²) >= 11 is 0. The zero-order valence-electron chi connectivity index (χ0n) is 12.5. The number of aromatic nitrogens is 2. The topological polar surface area (TPSA) is 71.3 Å². The van der Waals surface area contributed by atoms with Crippen LogP contribution in [0.4, 0.5) is 5.95 Å². The summed E-state index contributed by atoms with van der Waals surface area (Å²) in [5, 5.41) is 3.06. The van der Waals surface area contributed by atoms with Gasteiger partial charge in [0.05, 0.1) is 18.4 Å². The van der Waals surface area contributed by atoms with Crippen LogP contribution < -0.4 is 5.32 Å². The summed E-state index contributed by atoms with van der Waals surface area (Å²) in [4.78, 5) is 22.7. The van der Waals surface area contributed by atoms with Gasteiger partial charge in [0, 0.05) is 25.5 Å². The first kappa shape index (κ1) is 14.6. The molecular weight excluding hydrogens is 280 g/mol. The van der Waals surface area contributed by atoms with Crippen molar-refractivity contribution in [2.45, 2.75) is 32.2 Å². The summed E-state index contributed by atoms with van der Waals surface area (Å²) in [6.45, 7) is 2.18. The minimum Gasteiger partial charge on any atom is -0.467 e. The van der Waals surface area contributed by atoms with Crippen molar-refractivity contribution in [3.63, 3.8) is 0 Å². The number of hydrogen-bond acceptors (Lipinski definition) is 5. The number of furan rings is 1. The van der Waals surface area contributed by atoms with Gasteiger partial charge in [0.1, 0.15) is 5.76 Å². The van der Waals surface area contributed by atoms with E-state index in [9.17, 15) is 4.79 Å². The zero-order chi connectivity index (χ0) is 15.2. The van der Waals surface area contributed by atoms with E-state index in [0.717, 1.165) is 31.7 Å². The molecule has 1 aliphatic heterocycles. The van der Waals surface area contributed by atoms with E-state index in [0.29, 0.717) is 18.1 Å². The molecule has 22 heavy (non-hydrogen) atoms. The molecule has 0 spiro atoms. The van der Waals surface area contributed by atoms with Gasteiger partial charge in [0.25, 0.3) is 5.91 Å². The lowest BCUT2D eigenvalue weighted by atomic mass is 10.2. The molecule has 0 unspecified atom stereocenters. The maximum Gasteiger partial charge on any atom is 0.256 e. The average molecular weight is 300 g/mol. The quantitative estimate of drug-likeness (QED) is 0.940. The van der Waals surface area contributed by atoms with E-state index in [4.69, 9.17) is 4.42 Å². The summed E-state index contributed by atoms with van der Waals surface area (Å²) in [5.41, 5.74) is 0.547. The Morgan fingerprint density at radius 2 is 1.91 bits per heavy atom. The number of carbonyl (C=O) groups is 1. The molecule has 0 bridgehead atoms. The number of rotatable bonds is 4. The number of nitrogens with zero attached hydrogens (tertiary/aromatic N) is 3. The van der Waals surface area contributed by atoms with Crippen LogP contribution in [-0.2, 0) is 6.54 Å². The van der Waals surface area contributed by atoms with E-state index in [2.05, 4.69) is 15.3 Å². The third-order valence-corrected chi connectivity index (χ3v) is 3.79. The van der Waals surface area contributed by atoms with Crippen molar-refractivity contribution in [1.29, 1.82) is 0 Å². The molecule has 6 nitrogen and oxygen atoms in total. The molecule has 1 fully saturated rings. The Morgan fingerprint density at radius 3 is 2.55 bits per heavy atom. The van der Waals surface area contributed by atoms with Crippen molar-refractivity contribution in [3.8, 4) is 0 Å². The first-order chi connectivity index (χ1) is 10.8. The van der Waals surface area contributed by atoms with Crippen LogP contribution >= 0.6 is 0 Å². The molecule has 1 N–H and O–H groups in total. The van der Waals surface area contributed by atoms with Crippen molar-refractivity contribution in [3.05, 3.63) is 42.1 Å². The first-order valence-electron chi connectivity index (χ1n) is 7.70. The highest BCUT2D eigenvalue weighted by molar-refractivity contribution is 5.93. The number of anilines is 1. The van der Waals surface area contributed by atoms with Crippen LogP contribution in [0, 0.1) is 0 Å². The summed E-state index contributed by atoms with van der Waals surface area (Å²) in [6, 6.07) is 3.71. The highest BCUT2D eigenvalue weighted by Gasteiger charge is 2.17. The third-order valence-electron chi connectivity index (χ3n) is 3.79. The summed E-state index contributed by atoms with van der Waals surface area (Å²) in [6.07, 6.45) is 9.37. The summed E-state index contributed by atoms with van der Waals surface area (Å²) in [7, 11) is 0. The number of likely N-dealkylation sites (tertiary alicyclic amines) is 1. The Balaban J connectivity index is 1.59. The second-order valence-corrected chi connectivity index (χ2v) is 5.43. The highest BCUT2D eigenvalue weighted by atomic mass is 16.3. The van der Waals surface area contributed by atoms with Crippen LogP contribution in [0.15, 0.2) is 35.2 Å². The van der Waals surface area contributed by atoms with E-state index in [-0.39, 0.29) is 5.91 Å². The Kier molecular flexibility index (Phi) is 4.68. The molecule has 6 heteroatoms. The van der Waals surface area contributed by atoms with Gasteiger partial charge in [-0.15, -0.1) is 0 Å². The number of amides is 1. The molecule has 3 rings (SSSR count). The van der Waals surface area contributed by atoms with Gasteiger partial charge >= 0.3 is 0 Å². The van der Waals surface area contributed by atoms with E-state index in [1.165, 1.54) is 12.8 Å². The lowest BCUT2D eigenvalue weighted by Gasteiger charge is -2.19. The Labute approximate surface area is 129 Å². The molecule has 1 aliphatic rings. The van der Waals surface area contributed by atoms with Gasteiger partial charge < -0.3 is 14.6 Å². The van der Waals surface area contributed by atoms with Gasteiger partial charge in [0.15, 0.2) is 0 Å². The van der Waals surface area contributed by atoms with Gasteiger partial charge in [-0.3, -0.25) is 4.79 Å². The second-order valence-electron chi connectivity index (χ2n) is 5.43. The fourth-order valence-corrected chi connectivity index (χ4v) is 2.57. The number of nitrogens with one attached hydrogen (secondary N) is 1. The normalized spacial score (nSPS) is 15.4. The lowest BCUT2D eigenvalue weighted by molar-refractivity contribution is 0.0761. The molecule has 2 aromatic heterocycles. The minimum atomic E-state index is 0.0273. The molecule has 3 heterocycles. The van der Waals surface area contributed by atoms with Crippen LogP contribution in [-0.4, -0.2) is 33.9 Å². The van der Waals surface area contributed by atoms with Gasteiger partial charge in [-0.2, -0.15) is 0 Å². The monoisotopic (exact) mass is 300 g/mol. The molecule has 0 aliphatic carbocycles. The van der Waals surface area contributed by atoms with Crippen LogP contribution in [0.3, 0.4) is 0 Å². The standard InChI is InChI=1S/C16H20N4O2/c21-15(20-7-3-1-2-4-8-20)13-10-17-16(18-11-13)19-12-14-6-5-9-22-14/h5-6,9-11H,1-4,7-8,12H2,(H,17,18,19). The SMILES string of the molecule is O=C(c1cnc(NCc2ccco2)nc1)N1CCCCCC1. The van der Waals surface area contributed by atoms with Crippen molar-refractivity contribution in [2.24, 2.45) is 0 Å². The third kappa shape index (κ3) is 3.63. The lowest BCUT2D eigenvalue weighted by Crippen LogP contribution is -2.32. The van der Waals surface area contributed by atoms with Gasteiger partial charge in [0.2, 0.25) is 5.95 Å². The Hall–Kier alpha value is -2.37. The predicted molar refractivity (Wildman–Crippen MR) is 82.4 cm³/mol. The molecule has 0 radical (unpaired) electrons. The maximum atomic E-state index is 12.4. The van der Waals surface area contributed by atoms with Crippen LogP contribution in [0.25, 0.3) is 0 Å². The molecule has 0 saturated carbocycles. The second kappa shape index (κ2) is 7.06. The first-order valence-corrected chi connectivity index (χ1v) is 7.70. The fourth-order valence-electron chi connectivity index (χ4n) is 2.57. The Morgan fingerprint density at radius 1 is 1.18 bits per heavy atom. The molecule has 2 aromatic rings. The molecule has 1 amide bonds. The van der Waals surface area contributed by atoms with Crippen molar-refractivity contribution >= 4 is 11.9 Å². The smallest absolute Gasteiger partial charge is 0.256 e. The Bertz CT molecular complexity index is 587. The van der Waals surface area contributed by atoms with Crippen molar-refractivity contribution in [1.82, 2.24) is 14.9 Å². The van der Waals surface area contributed by atoms with Gasteiger partial charge in [-0.25, -0.2) is 9.97 Å². The number of hydrogen-bond donors (Lipinski definition) is 1. The summed E-state index contributed by atoms with van der Waals surface area (Å²) in [5.74, 6) is 1.33. The van der Waals surface area contributed by atoms with E-state index >= 15 is 0 Å². The molecule has 116 valence electrons. The van der Waals surface area contributed by atoms with E-state index < -0.39 is 0 Å². The average Bonchev–Trinajstić information content (AvgIpc) is 2.93. The summed E-state index contributed by atoms with van der Waals surface area (Å²) < 4.78 is 5.23. The van der Waals surface area contributed by atoms with Crippen LogP contribution in [0.5, 0.6) is 0 Å². The maximum absolute atomic E-state index is 12.4. The van der Waals surface area contributed by atoms with Crippen LogP contribution in [0.2, 0.25) is 0 Å². The van der Waals surface area contributed by atoms with Gasteiger partial charge in [-0.05, 0) is 25.0 Å². The zero-order valence-corrected chi connectivity index (χ0v) is 12.5. The van der Waals surface area contributed by atoms with Crippen LogP contribution in [0.1, 0.15) is 41.8 Å². The fraction of sp³-hybridized carbons (Fsp3) is 0.438. The van der Waals surface area contributed by atoms with E-state index in [1.54, 1.807) is 18.7 Å². The highest BCUT2D eigenvalue weighted by Crippen LogP contribution is 2.13. The molecule has 0 aromatic carbocycles. The van der Waals surface area contributed by atoms with E-state index in [1.807, 2.05) is 17.0 Å². The van der Waals surface area contributed by atoms with Gasteiger partial charge in [-0.1, -0.05) is 12.8 Å². The van der Waals surface area contributed by atoms with Crippen molar-refractivity contribution < 1.29 is 9.21 Å². The molecule has 0 atom stereocenters. The predicted octanol–water partition coefficient (Wildman–Crippen LogP) is 2.70.